The molecule has 0 aliphatic carbocycles. The van der Waals surface area contributed by atoms with Crippen molar-refractivity contribution >= 4 is 23.8 Å². The van der Waals surface area contributed by atoms with Crippen LogP contribution in [0.3, 0.4) is 0 Å². The first-order chi connectivity index (χ1) is 9.49. The van der Waals surface area contributed by atoms with Crippen molar-refractivity contribution in [3.05, 3.63) is 12.2 Å². The Bertz CT molecular complexity index is 427. The predicted octanol–water partition coefficient (Wildman–Crippen LogP) is -0.535. The SMILES string of the molecule is O=C(O)/C=C/C(=O)NC(=O)NCC(=O)N1CCCCC1. The van der Waals surface area contributed by atoms with Crippen LogP contribution in [0.1, 0.15) is 19.3 Å². The van der Waals surface area contributed by atoms with Crippen molar-refractivity contribution in [3.8, 4) is 0 Å². The number of hydrogen-bond donors (Lipinski definition) is 3. The van der Waals surface area contributed by atoms with Crippen LogP contribution >= 0.6 is 0 Å². The smallest absolute Gasteiger partial charge is 0.328 e. The van der Waals surface area contributed by atoms with Gasteiger partial charge in [0.05, 0.1) is 6.54 Å². The minimum Gasteiger partial charge on any atom is -0.478 e. The van der Waals surface area contributed by atoms with Crippen molar-refractivity contribution in [1.29, 1.82) is 0 Å². The summed E-state index contributed by atoms with van der Waals surface area (Å²) in [5.41, 5.74) is 0. The quantitative estimate of drug-likeness (QED) is 0.599. The molecule has 1 aliphatic heterocycles. The molecule has 3 N–H and O–H groups in total. The summed E-state index contributed by atoms with van der Waals surface area (Å²) in [6.07, 6.45) is 4.34. The van der Waals surface area contributed by atoms with Gasteiger partial charge in [-0.2, -0.15) is 0 Å². The number of amides is 4. The van der Waals surface area contributed by atoms with Gasteiger partial charge in [-0.25, -0.2) is 9.59 Å². The monoisotopic (exact) mass is 283 g/mol. The first-order valence-electron chi connectivity index (χ1n) is 6.26. The van der Waals surface area contributed by atoms with Gasteiger partial charge in [-0.1, -0.05) is 0 Å². The molecule has 0 saturated carbocycles. The number of carbonyl (C=O) groups is 4. The number of carboxylic acid groups (broad SMARTS) is 1. The molecule has 110 valence electrons. The summed E-state index contributed by atoms with van der Waals surface area (Å²) in [4.78, 5) is 45.9. The van der Waals surface area contributed by atoms with Gasteiger partial charge in [0.25, 0.3) is 5.91 Å². The number of rotatable bonds is 4. The summed E-state index contributed by atoms with van der Waals surface area (Å²) < 4.78 is 0. The van der Waals surface area contributed by atoms with Crippen LogP contribution in [0, 0.1) is 0 Å². The summed E-state index contributed by atoms with van der Waals surface area (Å²) in [6.45, 7) is 1.17. The molecule has 20 heavy (non-hydrogen) atoms. The van der Waals surface area contributed by atoms with Gasteiger partial charge in [-0.15, -0.1) is 0 Å². The average Bonchev–Trinajstić information content (AvgIpc) is 2.43. The lowest BCUT2D eigenvalue weighted by Gasteiger charge is -2.26. The Labute approximate surface area is 115 Å². The highest BCUT2D eigenvalue weighted by atomic mass is 16.4. The Kier molecular flexibility index (Phi) is 6.21. The van der Waals surface area contributed by atoms with Crippen LogP contribution in [-0.2, 0) is 14.4 Å². The molecule has 0 aromatic carbocycles. The number of carboxylic acids is 1. The van der Waals surface area contributed by atoms with Crippen molar-refractivity contribution in [2.75, 3.05) is 19.6 Å². The fraction of sp³-hybridized carbons (Fsp3) is 0.500. The lowest BCUT2D eigenvalue weighted by Crippen LogP contribution is -2.46. The number of carbonyl (C=O) groups excluding carboxylic acids is 3. The standard InChI is InChI=1S/C12H17N3O5/c16-9(4-5-11(18)19)14-12(20)13-8-10(17)15-6-2-1-3-7-15/h4-5H,1-3,6-8H2,(H,18,19)(H2,13,14,16,20)/b5-4+. The second-order valence-corrected chi connectivity index (χ2v) is 4.28. The van der Waals surface area contributed by atoms with Crippen LogP contribution in [-0.4, -0.2) is 53.5 Å². The Morgan fingerprint density at radius 1 is 1.05 bits per heavy atom. The van der Waals surface area contributed by atoms with E-state index >= 15 is 0 Å². The van der Waals surface area contributed by atoms with Crippen molar-refractivity contribution in [2.45, 2.75) is 19.3 Å². The van der Waals surface area contributed by atoms with E-state index in [2.05, 4.69) is 5.32 Å². The second-order valence-electron chi connectivity index (χ2n) is 4.28. The van der Waals surface area contributed by atoms with Crippen molar-refractivity contribution in [2.24, 2.45) is 0 Å². The minimum atomic E-state index is -1.29. The van der Waals surface area contributed by atoms with E-state index in [4.69, 9.17) is 5.11 Å². The molecule has 1 heterocycles. The van der Waals surface area contributed by atoms with Crippen molar-refractivity contribution in [3.63, 3.8) is 0 Å². The van der Waals surface area contributed by atoms with Crippen LogP contribution in [0.15, 0.2) is 12.2 Å². The van der Waals surface area contributed by atoms with E-state index in [1.165, 1.54) is 0 Å². The first kappa shape index (κ1) is 15.7. The van der Waals surface area contributed by atoms with Gasteiger partial charge in [0.15, 0.2) is 0 Å². The number of imide groups is 1. The first-order valence-corrected chi connectivity index (χ1v) is 6.26. The van der Waals surface area contributed by atoms with E-state index < -0.39 is 17.9 Å². The molecule has 0 unspecified atom stereocenters. The number of nitrogens with zero attached hydrogens (tertiary/aromatic N) is 1. The summed E-state index contributed by atoms with van der Waals surface area (Å²) in [5.74, 6) is -2.36. The zero-order valence-electron chi connectivity index (χ0n) is 10.9. The van der Waals surface area contributed by atoms with E-state index in [0.29, 0.717) is 25.2 Å². The van der Waals surface area contributed by atoms with E-state index in [9.17, 15) is 19.2 Å². The summed E-state index contributed by atoms with van der Waals surface area (Å²) in [6, 6.07) is -0.838. The zero-order chi connectivity index (χ0) is 15.0. The molecule has 8 heteroatoms. The van der Waals surface area contributed by atoms with Gasteiger partial charge in [-0.05, 0) is 19.3 Å². The van der Waals surface area contributed by atoms with Crippen LogP contribution in [0.5, 0.6) is 0 Å². The van der Waals surface area contributed by atoms with E-state index in [1.807, 2.05) is 5.32 Å². The molecule has 0 spiro atoms. The molecule has 0 aromatic heterocycles. The molecule has 0 radical (unpaired) electrons. The third-order valence-electron chi connectivity index (χ3n) is 2.72. The summed E-state index contributed by atoms with van der Waals surface area (Å²) >= 11 is 0. The van der Waals surface area contributed by atoms with Crippen molar-refractivity contribution < 1.29 is 24.3 Å². The van der Waals surface area contributed by atoms with Gasteiger partial charge in [-0.3, -0.25) is 14.9 Å². The molecular formula is C12H17N3O5. The maximum atomic E-state index is 11.7. The van der Waals surface area contributed by atoms with E-state index in [-0.39, 0.29) is 12.5 Å². The number of piperidine rings is 1. The lowest BCUT2D eigenvalue weighted by atomic mass is 10.1. The van der Waals surface area contributed by atoms with Crippen LogP contribution in [0.2, 0.25) is 0 Å². The number of likely N-dealkylation sites (tertiary alicyclic amines) is 1. The van der Waals surface area contributed by atoms with Crippen molar-refractivity contribution in [1.82, 2.24) is 15.5 Å². The highest BCUT2D eigenvalue weighted by Gasteiger charge is 2.17. The van der Waals surface area contributed by atoms with E-state index in [0.717, 1.165) is 19.3 Å². The van der Waals surface area contributed by atoms with Gasteiger partial charge >= 0.3 is 12.0 Å². The van der Waals surface area contributed by atoms with Gasteiger partial charge in [0.2, 0.25) is 5.91 Å². The predicted molar refractivity (Wildman–Crippen MR) is 68.7 cm³/mol. The third-order valence-corrected chi connectivity index (χ3v) is 2.72. The minimum absolute atomic E-state index is 0.193. The topological polar surface area (TPSA) is 116 Å². The molecule has 1 aliphatic rings. The molecule has 4 amide bonds. The van der Waals surface area contributed by atoms with Crippen LogP contribution in [0.4, 0.5) is 4.79 Å². The Hall–Kier alpha value is -2.38. The summed E-state index contributed by atoms with van der Waals surface area (Å²) in [7, 11) is 0. The number of urea groups is 1. The maximum Gasteiger partial charge on any atom is 0.328 e. The third kappa shape index (κ3) is 5.98. The number of hydrogen-bond acceptors (Lipinski definition) is 4. The van der Waals surface area contributed by atoms with Crippen LogP contribution in [0.25, 0.3) is 0 Å². The molecule has 0 bridgehead atoms. The van der Waals surface area contributed by atoms with Crippen LogP contribution < -0.4 is 10.6 Å². The average molecular weight is 283 g/mol. The molecule has 1 saturated heterocycles. The highest BCUT2D eigenvalue weighted by Crippen LogP contribution is 2.07. The van der Waals surface area contributed by atoms with Gasteiger partial charge in [0, 0.05) is 25.2 Å². The fourth-order valence-corrected chi connectivity index (χ4v) is 1.76. The normalized spacial score (nSPS) is 14.9. The molecule has 1 fully saturated rings. The van der Waals surface area contributed by atoms with Gasteiger partial charge in [0.1, 0.15) is 0 Å². The second kappa shape index (κ2) is 7.93. The Morgan fingerprint density at radius 3 is 2.30 bits per heavy atom. The maximum absolute atomic E-state index is 11.7. The molecule has 0 atom stereocenters. The summed E-state index contributed by atoms with van der Waals surface area (Å²) in [5, 5.41) is 12.4. The number of aliphatic carboxylic acids is 1. The van der Waals surface area contributed by atoms with E-state index in [1.54, 1.807) is 4.90 Å². The van der Waals surface area contributed by atoms with Gasteiger partial charge < -0.3 is 15.3 Å². The molecular weight excluding hydrogens is 266 g/mol. The highest BCUT2D eigenvalue weighted by molar-refractivity contribution is 6.03. The fourth-order valence-electron chi connectivity index (χ4n) is 1.76. The zero-order valence-corrected chi connectivity index (χ0v) is 10.9. The molecule has 1 rings (SSSR count). The molecule has 8 nitrogen and oxygen atoms in total. The molecule has 0 aromatic rings. The number of nitrogens with one attached hydrogen (secondary N) is 2. The largest absolute Gasteiger partial charge is 0.478 e. The lowest BCUT2D eigenvalue weighted by molar-refractivity contribution is -0.132. The Morgan fingerprint density at radius 2 is 1.70 bits per heavy atom. The Balaban J connectivity index is 2.26.